The van der Waals surface area contributed by atoms with Gasteiger partial charge in [0.1, 0.15) is 23.9 Å². The SMILES string of the molecule is NNc1snnc1COc1ccc(F)c(Br)c1. The van der Waals surface area contributed by atoms with Crippen LogP contribution in [0.25, 0.3) is 0 Å². The molecule has 0 bridgehead atoms. The van der Waals surface area contributed by atoms with Crippen LogP contribution in [-0.2, 0) is 6.61 Å². The van der Waals surface area contributed by atoms with Gasteiger partial charge in [-0.25, -0.2) is 10.2 Å². The normalized spacial score (nSPS) is 10.3. The molecular weight excluding hydrogens is 311 g/mol. The summed E-state index contributed by atoms with van der Waals surface area (Å²) in [5, 5.41) is 4.50. The molecule has 0 aliphatic rings. The number of halogens is 2. The Morgan fingerprint density at radius 1 is 1.53 bits per heavy atom. The van der Waals surface area contributed by atoms with E-state index in [9.17, 15) is 4.39 Å². The molecule has 0 saturated carbocycles. The molecule has 0 radical (unpaired) electrons. The van der Waals surface area contributed by atoms with Crippen molar-refractivity contribution in [1.29, 1.82) is 0 Å². The van der Waals surface area contributed by atoms with Crippen molar-refractivity contribution in [3.05, 3.63) is 34.2 Å². The fourth-order valence-electron chi connectivity index (χ4n) is 1.13. The molecule has 2 aromatic rings. The van der Waals surface area contributed by atoms with E-state index in [0.717, 1.165) is 11.5 Å². The molecule has 3 N–H and O–H groups in total. The van der Waals surface area contributed by atoms with Crippen molar-refractivity contribution in [2.75, 3.05) is 5.43 Å². The summed E-state index contributed by atoms with van der Waals surface area (Å²) in [7, 11) is 0. The Kier molecular flexibility index (Phi) is 3.87. The van der Waals surface area contributed by atoms with Crippen LogP contribution in [0.4, 0.5) is 9.39 Å². The maximum Gasteiger partial charge on any atom is 0.150 e. The number of hydrogen-bond donors (Lipinski definition) is 2. The highest BCUT2D eigenvalue weighted by Crippen LogP contribution is 2.23. The molecule has 0 aliphatic heterocycles. The van der Waals surface area contributed by atoms with Crippen molar-refractivity contribution in [2.24, 2.45) is 5.84 Å². The van der Waals surface area contributed by atoms with Crippen molar-refractivity contribution in [3.8, 4) is 5.75 Å². The minimum Gasteiger partial charge on any atom is -0.487 e. The van der Waals surface area contributed by atoms with Gasteiger partial charge in [-0.05, 0) is 34.1 Å². The highest BCUT2D eigenvalue weighted by atomic mass is 79.9. The van der Waals surface area contributed by atoms with Gasteiger partial charge in [0.2, 0.25) is 0 Å². The summed E-state index contributed by atoms with van der Waals surface area (Å²) in [5.74, 6) is 5.48. The smallest absolute Gasteiger partial charge is 0.150 e. The van der Waals surface area contributed by atoms with Crippen LogP contribution < -0.4 is 16.0 Å². The average molecular weight is 319 g/mol. The minimum absolute atomic E-state index is 0.216. The van der Waals surface area contributed by atoms with E-state index in [0.29, 0.717) is 20.9 Å². The fraction of sp³-hybridized carbons (Fsp3) is 0.111. The number of benzene rings is 1. The summed E-state index contributed by atoms with van der Waals surface area (Å²) in [5.41, 5.74) is 3.09. The predicted molar refractivity (Wildman–Crippen MR) is 66.2 cm³/mol. The summed E-state index contributed by atoms with van der Waals surface area (Å²) in [6, 6.07) is 4.40. The predicted octanol–water partition coefficient (Wildman–Crippen LogP) is 2.30. The standard InChI is InChI=1S/C9H8BrFN4OS/c10-6-3-5(1-2-7(6)11)16-4-8-9(13-12)17-15-14-8/h1-3,13H,4,12H2. The second-order valence-electron chi connectivity index (χ2n) is 3.06. The van der Waals surface area contributed by atoms with Gasteiger partial charge in [0.25, 0.3) is 0 Å². The summed E-state index contributed by atoms with van der Waals surface area (Å²) in [6.07, 6.45) is 0. The zero-order valence-corrected chi connectivity index (χ0v) is 10.9. The van der Waals surface area contributed by atoms with Gasteiger partial charge in [0.05, 0.1) is 4.47 Å². The molecule has 0 aliphatic carbocycles. The number of nitrogens with one attached hydrogen (secondary N) is 1. The van der Waals surface area contributed by atoms with E-state index in [1.807, 2.05) is 0 Å². The lowest BCUT2D eigenvalue weighted by Gasteiger charge is -2.05. The van der Waals surface area contributed by atoms with Crippen LogP contribution in [0.5, 0.6) is 5.75 Å². The van der Waals surface area contributed by atoms with Crippen LogP contribution in [0, 0.1) is 5.82 Å². The molecule has 90 valence electrons. The molecule has 0 spiro atoms. The summed E-state index contributed by atoms with van der Waals surface area (Å²) in [6.45, 7) is 0.216. The Bertz CT molecular complexity index is 521. The lowest BCUT2D eigenvalue weighted by atomic mass is 10.3. The number of hydrogen-bond acceptors (Lipinski definition) is 6. The quantitative estimate of drug-likeness (QED) is 0.668. The minimum atomic E-state index is -0.336. The number of hydrazine groups is 1. The molecule has 0 amide bonds. The first-order chi connectivity index (χ1) is 8.20. The Balaban J connectivity index is 2.05. The van der Waals surface area contributed by atoms with Crippen LogP contribution >= 0.6 is 27.5 Å². The van der Waals surface area contributed by atoms with Crippen LogP contribution in [0.1, 0.15) is 5.69 Å². The van der Waals surface area contributed by atoms with Crippen LogP contribution in [0.2, 0.25) is 0 Å². The first-order valence-electron chi connectivity index (χ1n) is 4.56. The second-order valence-corrected chi connectivity index (χ2v) is 4.67. The van der Waals surface area contributed by atoms with Gasteiger partial charge < -0.3 is 10.2 Å². The van der Waals surface area contributed by atoms with Crippen molar-refractivity contribution >= 4 is 32.5 Å². The topological polar surface area (TPSA) is 73.1 Å². The van der Waals surface area contributed by atoms with Crippen molar-refractivity contribution in [1.82, 2.24) is 9.59 Å². The van der Waals surface area contributed by atoms with Gasteiger partial charge in [-0.1, -0.05) is 4.49 Å². The van der Waals surface area contributed by atoms with Crippen LogP contribution in [0.15, 0.2) is 22.7 Å². The molecule has 0 fully saturated rings. The lowest BCUT2D eigenvalue weighted by molar-refractivity contribution is 0.301. The molecule has 17 heavy (non-hydrogen) atoms. The van der Waals surface area contributed by atoms with E-state index in [-0.39, 0.29) is 12.4 Å². The van der Waals surface area contributed by atoms with E-state index in [1.165, 1.54) is 12.1 Å². The van der Waals surface area contributed by atoms with E-state index in [2.05, 4.69) is 30.9 Å². The van der Waals surface area contributed by atoms with Gasteiger partial charge >= 0.3 is 0 Å². The highest BCUT2D eigenvalue weighted by molar-refractivity contribution is 9.10. The van der Waals surface area contributed by atoms with E-state index in [4.69, 9.17) is 10.6 Å². The third kappa shape index (κ3) is 2.90. The number of nitrogens with two attached hydrogens (primary N) is 1. The zero-order valence-electron chi connectivity index (χ0n) is 8.48. The summed E-state index contributed by atoms with van der Waals surface area (Å²) >= 11 is 4.22. The maximum atomic E-state index is 13.0. The largest absolute Gasteiger partial charge is 0.487 e. The number of aromatic nitrogens is 2. The Morgan fingerprint density at radius 3 is 3.06 bits per heavy atom. The highest BCUT2D eigenvalue weighted by Gasteiger charge is 2.08. The van der Waals surface area contributed by atoms with Crippen molar-refractivity contribution in [2.45, 2.75) is 6.61 Å². The molecule has 8 heteroatoms. The number of ether oxygens (including phenoxy) is 1. The van der Waals surface area contributed by atoms with Crippen molar-refractivity contribution in [3.63, 3.8) is 0 Å². The Morgan fingerprint density at radius 2 is 2.35 bits per heavy atom. The fourth-order valence-corrected chi connectivity index (χ4v) is 1.97. The average Bonchev–Trinajstić information content (AvgIpc) is 2.78. The maximum absolute atomic E-state index is 13.0. The monoisotopic (exact) mass is 318 g/mol. The number of anilines is 1. The second kappa shape index (κ2) is 5.39. The van der Waals surface area contributed by atoms with E-state index < -0.39 is 0 Å². The lowest BCUT2D eigenvalue weighted by Crippen LogP contribution is -2.08. The number of nitrogen functional groups attached to an aromatic ring is 1. The Labute approximate surface area is 109 Å². The zero-order chi connectivity index (χ0) is 12.3. The molecule has 0 unspecified atom stereocenters. The van der Waals surface area contributed by atoms with Crippen molar-refractivity contribution < 1.29 is 9.13 Å². The molecular formula is C9H8BrFN4OS. The van der Waals surface area contributed by atoms with Gasteiger partial charge in [-0.2, -0.15) is 0 Å². The van der Waals surface area contributed by atoms with Gasteiger partial charge in [-0.3, -0.25) is 0 Å². The summed E-state index contributed by atoms with van der Waals surface area (Å²) < 4.78 is 22.5. The molecule has 0 atom stereocenters. The first-order valence-corrected chi connectivity index (χ1v) is 6.13. The molecule has 0 saturated heterocycles. The van der Waals surface area contributed by atoms with Crippen LogP contribution in [0.3, 0.4) is 0 Å². The Hall–Kier alpha value is -1.25. The summed E-state index contributed by atoms with van der Waals surface area (Å²) in [4.78, 5) is 0. The number of rotatable bonds is 4. The van der Waals surface area contributed by atoms with Gasteiger partial charge in [0.15, 0.2) is 5.00 Å². The van der Waals surface area contributed by atoms with E-state index >= 15 is 0 Å². The molecule has 2 rings (SSSR count). The molecule has 5 nitrogen and oxygen atoms in total. The first kappa shape index (κ1) is 12.2. The molecule has 1 heterocycles. The molecule has 1 aromatic carbocycles. The van der Waals surface area contributed by atoms with E-state index in [1.54, 1.807) is 6.07 Å². The van der Waals surface area contributed by atoms with Gasteiger partial charge in [0, 0.05) is 11.5 Å². The third-order valence-electron chi connectivity index (χ3n) is 1.95. The third-order valence-corrected chi connectivity index (χ3v) is 3.26. The molecule has 1 aromatic heterocycles. The van der Waals surface area contributed by atoms with Crippen LogP contribution in [-0.4, -0.2) is 9.59 Å². The number of nitrogens with zero attached hydrogens (tertiary/aromatic N) is 2. The van der Waals surface area contributed by atoms with Gasteiger partial charge in [-0.15, -0.1) is 5.10 Å².